The third kappa shape index (κ3) is 2.82. The fourth-order valence-corrected chi connectivity index (χ4v) is 2.84. The number of hydrogen-bond acceptors (Lipinski definition) is 3. The van der Waals surface area contributed by atoms with Crippen molar-refractivity contribution in [3.8, 4) is 0 Å². The molecule has 1 aliphatic rings. The molecule has 1 aromatic heterocycles. The van der Waals surface area contributed by atoms with Crippen LogP contribution < -0.4 is 10.2 Å². The van der Waals surface area contributed by atoms with Crippen LogP contribution in [0.2, 0.25) is 0 Å². The van der Waals surface area contributed by atoms with Gasteiger partial charge in [0.25, 0.3) is 0 Å². The number of rotatable bonds is 4. The second kappa shape index (κ2) is 6.04. The van der Waals surface area contributed by atoms with E-state index in [0.717, 1.165) is 0 Å². The predicted octanol–water partition coefficient (Wildman–Crippen LogP) is 4.44. The molecule has 1 N–H and O–H groups in total. The highest BCUT2D eigenvalue weighted by Crippen LogP contribution is 2.31. The Morgan fingerprint density at radius 2 is 1.90 bits per heavy atom. The van der Waals surface area contributed by atoms with Crippen molar-refractivity contribution in [1.82, 2.24) is 0 Å². The van der Waals surface area contributed by atoms with Gasteiger partial charge in [-0.1, -0.05) is 12.1 Å². The van der Waals surface area contributed by atoms with Gasteiger partial charge in [-0.15, -0.1) is 0 Å². The highest BCUT2D eigenvalue weighted by atomic mass is 16.3. The van der Waals surface area contributed by atoms with Crippen LogP contribution >= 0.6 is 0 Å². The van der Waals surface area contributed by atoms with E-state index in [1.54, 1.807) is 12.5 Å². The summed E-state index contributed by atoms with van der Waals surface area (Å²) in [7, 11) is 0. The van der Waals surface area contributed by atoms with Crippen LogP contribution in [0.5, 0.6) is 0 Å². The Hall–Kier alpha value is -1.90. The SMILES string of the molecule is CC(Nc1ccccc1N1CCCCC1)c1ccoc1. The standard InChI is InChI=1S/C17H22N2O/c1-14(15-9-12-20-13-15)18-16-7-3-4-8-17(16)19-10-5-2-6-11-19/h3-4,7-9,12-14,18H,2,5-6,10-11H2,1H3. The van der Waals surface area contributed by atoms with Crippen molar-refractivity contribution in [1.29, 1.82) is 0 Å². The van der Waals surface area contributed by atoms with E-state index < -0.39 is 0 Å². The van der Waals surface area contributed by atoms with Crippen LogP contribution in [-0.4, -0.2) is 13.1 Å². The smallest absolute Gasteiger partial charge is 0.0955 e. The van der Waals surface area contributed by atoms with Crippen molar-refractivity contribution in [2.45, 2.75) is 32.2 Å². The second-order valence-electron chi connectivity index (χ2n) is 5.49. The number of anilines is 2. The van der Waals surface area contributed by atoms with Crippen LogP contribution in [0, 0.1) is 0 Å². The van der Waals surface area contributed by atoms with Crippen molar-refractivity contribution in [2.75, 3.05) is 23.3 Å². The Morgan fingerprint density at radius 3 is 2.65 bits per heavy atom. The molecule has 0 radical (unpaired) electrons. The maximum Gasteiger partial charge on any atom is 0.0955 e. The topological polar surface area (TPSA) is 28.4 Å². The lowest BCUT2D eigenvalue weighted by atomic mass is 10.1. The zero-order valence-corrected chi connectivity index (χ0v) is 12.0. The van der Waals surface area contributed by atoms with Gasteiger partial charge < -0.3 is 14.6 Å². The Balaban J connectivity index is 1.78. The van der Waals surface area contributed by atoms with Crippen LogP contribution in [0.4, 0.5) is 11.4 Å². The predicted molar refractivity (Wildman–Crippen MR) is 83.3 cm³/mol. The zero-order chi connectivity index (χ0) is 13.8. The minimum Gasteiger partial charge on any atom is -0.472 e. The molecule has 3 nitrogen and oxygen atoms in total. The molecule has 106 valence electrons. The second-order valence-corrected chi connectivity index (χ2v) is 5.49. The molecule has 1 aromatic carbocycles. The van der Waals surface area contributed by atoms with E-state index in [0.29, 0.717) is 0 Å². The summed E-state index contributed by atoms with van der Waals surface area (Å²) in [5.74, 6) is 0. The Kier molecular flexibility index (Phi) is 3.95. The first-order valence-corrected chi connectivity index (χ1v) is 7.47. The molecule has 1 atom stereocenters. The van der Waals surface area contributed by atoms with Crippen molar-refractivity contribution in [3.63, 3.8) is 0 Å². The van der Waals surface area contributed by atoms with Gasteiger partial charge in [-0.05, 0) is 44.4 Å². The van der Waals surface area contributed by atoms with E-state index in [-0.39, 0.29) is 6.04 Å². The van der Waals surface area contributed by atoms with Gasteiger partial charge in [-0.25, -0.2) is 0 Å². The molecule has 3 heteroatoms. The van der Waals surface area contributed by atoms with E-state index in [1.165, 1.54) is 49.3 Å². The Morgan fingerprint density at radius 1 is 1.10 bits per heavy atom. The normalized spacial score (nSPS) is 16.9. The van der Waals surface area contributed by atoms with E-state index in [9.17, 15) is 0 Å². The van der Waals surface area contributed by atoms with Gasteiger partial charge in [-0.3, -0.25) is 0 Å². The molecule has 2 aromatic rings. The van der Waals surface area contributed by atoms with Crippen LogP contribution in [-0.2, 0) is 0 Å². The van der Waals surface area contributed by atoms with Gasteiger partial charge in [0.1, 0.15) is 0 Å². The summed E-state index contributed by atoms with van der Waals surface area (Å²) in [6.07, 6.45) is 7.49. The number of nitrogens with zero attached hydrogens (tertiary/aromatic N) is 1. The zero-order valence-electron chi connectivity index (χ0n) is 12.0. The van der Waals surface area contributed by atoms with Gasteiger partial charge in [0.2, 0.25) is 0 Å². The van der Waals surface area contributed by atoms with Crippen molar-refractivity contribution >= 4 is 11.4 Å². The molecule has 0 spiro atoms. The van der Waals surface area contributed by atoms with Crippen LogP contribution in [0.3, 0.4) is 0 Å². The fourth-order valence-electron chi connectivity index (χ4n) is 2.84. The third-order valence-electron chi connectivity index (χ3n) is 4.02. The summed E-state index contributed by atoms with van der Waals surface area (Å²) in [5, 5.41) is 3.61. The van der Waals surface area contributed by atoms with Crippen molar-refractivity contribution in [2.24, 2.45) is 0 Å². The third-order valence-corrected chi connectivity index (χ3v) is 4.02. The molecule has 0 bridgehead atoms. The summed E-state index contributed by atoms with van der Waals surface area (Å²) >= 11 is 0. The van der Waals surface area contributed by atoms with E-state index >= 15 is 0 Å². The summed E-state index contributed by atoms with van der Waals surface area (Å²) in [4.78, 5) is 2.49. The molecule has 1 saturated heterocycles. The van der Waals surface area contributed by atoms with Crippen molar-refractivity contribution < 1.29 is 4.42 Å². The minimum absolute atomic E-state index is 0.250. The molecule has 1 fully saturated rings. The quantitative estimate of drug-likeness (QED) is 0.890. The van der Waals surface area contributed by atoms with Crippen LogP contribution in [0.1, 0.15) is 37.8 Å². The Labute approximate surface area is 120 Å². The van der Waals surface area contributed by atoms with Crippen LogP contribution in [0.15, 0.2) is 47.3 Å². The number of para-hydroxylation sites is 2. The van der Waals surface area contributed by atoms with Gasteiger partial charge in [0, 0.05) is 18.7 Å². The summed E-state index contributed by atoms with van der Waals surface area (Å²) in [5.41, 5.74) is 3.71. The average molecular weight is 270 g/mol. The summed E-state index contributed by atoms with van der Waals surface area (Å²) in [6, 6.07) is 10.9. The first-order valence-electron chi connectivity index (χ1n) is 7.47. The molecule has 1 aliphatic heterocycles. The van der Waals surface area contributed by atoms with Gasteiger partial charge in [0.05, 0.1) is 29.9 Å². The number of piperidine rings is 1. The molecule has 2 heterocycles. The van der Waals surface area contributed by atoms with E-state index in [1.807, 2.05) is 6.07 Å². The first kappa shape index (κ1) is 13.1. The first-order chi connectivity index (χ1) is 9.84. The largest absolute Gasteiger partial charge is 0.472 e. The lowest BCUT2D eigenvalue weighted by molar-refractivity contribution is 0.562. The van der Waals surface area contributed by atoms with Gasteiger partial charge >= 0.3 is 0 Å². The lowest BCUT2D eigenvalue weighted by Gasteiger charge is -2.31. The van der Waals surface area contributed by atoms with Gasteiger partial charge in [0.15, 0.2) is 0 Å². The summed E-state index contributed by atoms with van der Waals surface area (Å²) < 4.78 is 5.17. The fraction of sp³-hybridized carbons (Fsp3) is 0.412. The number of nitrogens with one attached hydrogen (secondary N) is 1. The number of hydrogen-bond donors (Lipinski definition) is 1. The highest BCUT2D eigenvalue weighted by molar-refractivity contribution is 5.70. The monoisotopic (exact) mass is 270 g/mol. The molecular formula is C17H22N2O. The number of furan rings is 1. The molecule has 0 aliphatic carbocycles. The molecule has 3 rings (SSSR count). The highest BCUT2D eigenvalue weighted by Gasteiger charge is 2.15. The summed E-state index contributed by atoms with van der Waals surface area (Å²) in [6.45, 7) is 4.50. The molecule has 0 amide bonds. The molecule has 1 unspecified atom stereocenters. The number of benzene rings is 1. The molecule has 20 heavy (non-hydrogen) atoms. The van der Waals surface area contributed by atoms with Gasteiger partial charge in [-0.2, -0.15) is 0 Å². The maximum absolute atomic E-state index is 5.17. The van der Waals surface area contributed by atoms with E-state index in [2.05, 4.69) is 41.4 Å². The lowest BCUT2D eigenvalue weighted by Crippen LogP contribution is -2.30. The van der Waals surface area contributed by atoms with Crippen molar-refractivity contribution in [3.05, 3.63) is 48.4 Å². The molecule has 0 saturated carbocycles. The minimum atomic E-state index is 0.250. The maximum atomic E-state index is 5.17. The molecular weight excluding hydrogens is 248 g/mol. The van der Waals surface area contributed by atoms with E-state index in [4.69, 9.17) is 4.42 Å². The van der Waals surface area contributed by atoms with Crippen LogP contribution in [0.25, 0.3) is 0 Å². The average Bonchev–Trinajstić information content (AvgIpc) is 3.03. The Bertz CT molecular complexity index is 530.